The third kappa shape index (κ3) is 15.7. The summed E-state index contributed by atoms with van der Waals surface area (Å²) in [6.45, 7) is 10.7. The Kier molecular flexibility index (Phi) is 23.8. The first-order chi connectivity index (χ1) is 47.2. The van der Waals surface area contributed by atoms with Crippen LogP contribution in [-0.4, -0.2) is 20.7 Å². The molecular weight excluding hydrogens is 1170 g/mol. The zero-order chi connectivity index (χ0) is 66.1. The van der Waals surface area contributed by atoms with Crippen LogP contribution in [0, 0.1) is 13.8 Å². The van der Waals surface area contributed by atoms with Gasteiger partial charge in [0.25, 0.3) is 0 Å². The first-order valence-corrected chi connectivity index (χ1v) is 38.6. The molecule has 1 unspecified atom stereocenters. The maximum absolute atomic E-state index is 12.1. The fraction of sp³-hybridized carbons (Fsp3) is 0.457. The third-order valence-corrected chi connectivity index (χ3v) is 22.9. The van der Waals surface area contributed by atoms with E-state index in [1.54, 1.807) is 22.3 Å². The number of carbonyl (C=O) groups is 2. The highest BCUT2D eigenvalue weighted by atomic mass is 16.1. The number of carbonyl (C=O) groups excluding carboxylic acids is 2. The van der Waals surface area contributed by atoms with E-state index in [4.69, 9.17) is 0 Å². The molecule has 0 bridgehead atoms. The Morgan fingerprint density at radius 2 is 0.615 bits per heavy atom. The smallest absolute Gasteiger partial charge is 0.140 e. The summed E-state index contributed by atoms with van der Waals surface area (Å²) in [6, 6.07) is 66.2. The van der Waals surface area contributed by atoms with Gasteiger partial charge in [0.1, 0.15) is 11.6 Å². The predicted molar refractivity (Wildman–Crippen MR) is 411 cm³/mol. The second-order valence-corrected chi connectivity index (χ2v) is 29.9. The molecule has 0 radical (unpaired) electrons. The van der Waals surface area contributed by atoms with Gasteiger partial charge in [0.15, 0.2) is 0 Å². The predicted octanol–water partition coefficient (Wildman–Crippen LogP) is 26.6. The van der Waals surface area contributed by atoms with Gasteiger partial charge in [-0.3, -0.25) is 9.59 Å². The van der Waals surface area contributed by atoms with Crippen molar-refractivity contribution in [2.45, 2.75) is 270 Å². The lowest BCUT2D eigenvalue weighted by atomic mass is 9.69. The zero-order valence-electron chi connectivity index (χ0n) is 59.3. The van der Waals surface area contributed by atoms with Crippen molar-refractivity contribution in [3.8, 4) is 33.4 Å². The van der Waals surface area contributed by atoms with Gasteiger partial charge in [0.2, 0.25) is 0 Å². The van der Waals surface area contributed by atoms with Crippen LogP contribution in [0.5, 0.6) is 0 Å². The summed E-state index contributed by atoms with van der Waals surface area (Å²) >= 11 is 0. The quantitative estimate of drug-likeness (QED) is 0.0283. The van der Waals surface area contributed by atoms with Crippen molar-refractivity contribution < 1.29 is 9.59 Å². The molecule has 502 valence electrons. The number of ketones is 2. The zero-order valence-corrected chi connectivity index (χ0v) is 59.3. The van der Waals surface area contributed by atoms with Crippen LogP contribution < -0.4 is 0 Å². The fourth-order valence-corrected chi connectivity index (χ4v) is 17.9. The minimum atomic E-state index is -0.0147. The first kappa shape index (κ1) is 68.6. The number of nitrogens with zero attached hydrogens (tertiary/aromatic N) is 2. The Morgan fingerprint density at radius 1 is 0.323 bits per heavy atom. The van der Waals surface area contributed by atoms with Gasteiger partial charge in [0.05, 0.1) is 6.42 Å². The topological polar surface area (TPSA) is 44.0 Å². The molecule has 10 aromatic rings. The number of fused-ring (bicyclic) bond motifs is 12. The van der Waals surface area contributed by atoms with Crippen molar-refractivity contribution in [2.75, 3.05) is 0 Å². The molecule has 4 nitrogen and oxygen atoms in total. The average Bonchev–Trinajstić information content (AvgIpc) is 1.57. The molecule has 2 aliphatic carbocycles. The third-order valence-electron chi connectivity index (χ3n) is 22.9. The summed E-state index contributed by atoms with van der Waals surface area (Å²) in [4.78, 5) is 23.5. The molecule has 12 rings (SSSR count). The van der Waals surface area contributed by atoms with E-state index in [1.165, 1.54) is 288 Å². The Labute approximate surface area is 577 Å². The Morgan fingerprint density at radius 3 is 0.958 bits per heavy atom. The highest BCUT2D eigenvalue weighted by Crippen LogP contribution is 2.58. The highest BCUT2D eigenvalue weighted by molar-refractivity contribution is 6.09. The van der Waals surface area contributed by atoms with E-state index >= 15 is 0 Å². The van der Waals surface area contributed by atoms with Gasteiger partial charge in [-0.05, 0) is 158 Å². The Bertz CT molecular complexity index is 3980. The summed E-state index contributed by atoms with van der Waals surface area (Å²) in [5, 5.41) is 5.52. The number of aryl methyl sites for hydroxylation is 4. The molecule has 2 heterocycles. The van der Waals surface area contributed by atoms with Gasteiger partial charge in [-0.15, -0.1) is 0 Å². The van der Waals surface area contributed by atoms with Crippen molar-refractivity contribution in [3.63, 3.8) is 0 Å². The highest BCUT2D eigenvalue weighted by Gasteiger charge is 2.44. The number of para-hydroxylation sites is 4. The lowest BCUT2D eigenvalue weighted by molar-refractivity contribution is -0.125. The van der Waals surface area contributed by atoms with Crippen LogP contribution in [-0.2, 0) is 33.5 Å². The molecule has 2 aliphatic rings. The molecule has 0 N–H and O–H groups in total. The van der Waals surface area contributed by atoms with E-state index in [2.05, 4.69) is 200 Å². The summed E-state index contributed by atoms with van der Waals surface area (Å²) < 4.78 is 5.14. The molecule has 0 amide bonds. The molecule has 4 heteroatoms. The SMILES string of the molecule is CCCCCCC1(CCCCCCCCCCC(=O)CC(C)=O)c2cc(C)ccc2-c2ccc(-c3ccc4c(c3)C(CCCCCCCCCCn3c5ccccc5c5ccccc53)(CCCCCCCCCCn3c5ccccc5c5ccccc53)c3cc(C)ccc3-4)cc21. The lowest BCUT2D eigenvalue weighted by Gasteiger charge is -2.34. The van der Waals surface area contributed by atoms with Crippen molar-refractivity contribution >= 4 is 55.2 Å². The van der Waals surface area contributed by atoms with Gasteiger partial charge in [-0.2, -0.15) is 0 Å². The molecule has 96 heavy (non-hydrogen) atoms. The monoisotopic (exact) mass is 1280 g/mol. The van der Waals surface area contributed by atoms with Gasteiger partial charge >= 0.3 is 0 Å². The van der Waals surface area contributed by atoms with Crippen LogP contribution in [0.15, 0.2) is 170 Å². The number of hydrogen-bond acceptors (Lipinski definition) is 2. The number of hydrogen-bond donors (Lipinski definition) is 0. The first-order valence-electron chi connectivity index (χ1n) is 38.6. The average molecular weight is 1280 g/mol. The van der Waals surface area contributed by atoms with E-state index in [9.17, 15) is 9.59 Å². The van der Waals surface area contributed by atoms with Gasteiger partial charge in [-0.1, -0.05) is 312 Å². The number of Topliss-reactive ketones (excluding diaryl/α,β-unsaturated/α-hetero) is 2. The van der Waals surface area contributed by atoms with E-state index in [0.29, 0.717) is 6.42 Å². The van der Waals surface area contributed by atoms with Crippen molar-refractivity contribution in [1.29, 1.82) is 0 Å². The van der Waals surface area contributed by atoms with Crippen LogP contribution in [0.4, 0.5) is 0 Å². The van der Waals surface area contributed by atoms with Crippen LogP contribution in [0.3, 0.4) is 0 Å². The molecular formula is C92H112N2O2. The Balaban J connectivity index is 0.735. The van der Waals surface area contributed by atoms with Crippen molar-refractivity contribution in [2.24, 2.45) is 0 Å². The summed E-state index contributed by atoms with van der Waals surface area (Å²) in [7, 11) is 0. The van der Waals surface area contributed by atoms with E-state index in [0.717, 1.165) is 25.9 Å². The lowest BCUT2D eigenvalue weighted by Crippen LogP contribution is -2.26. The van der Waals surface area contributed by atoms with Crippen LogP contribution in [0.25, 0.3) is 77.0 Å². The molecule has 0 saturated carbocycles. The van der Waals surface area contributed by atoms with Gasteiger partial charge in [0, 0.05) is 74.0 Å². The fourth-order valence-electron chi connectivity index (χ4n) is 17.9. The van der Waals surface area contributed by atoms with Crippen LogP contribution in [0.1, 0.15) is 266 Å². The minimum absolute atomic E-state index is 0.00200. The largest absolute Gasteiger partial charge is 0.340 e. The van der Waals surface area contributed by atoms with Crippen molar-refractivity contribution in [1.82, 2.24) is 9.13 Å². The summed E-state index contributed by atoms with van der Waals surface area (Å²) in [6.07, 6.45) is 40.8. The van der Waals surface area contributed by atoms with Crippen LogP contribution >= 0.6 is 0 Å². The normalized spacial score (nSPS) is 14.5. The standard InChI is InChI=1S/C92H112N2O2/c1-5-6-7-35-58-91(59-36-21-15-9-8-14-20-26-41-74(96)66-71(4)95)83-64-69(2)50-54-75(83)77-56-52-72(67-85(77)91)73-53-57-78-76-55-51-70(3)65-84(76)92(86(78)68-73,60-37-22-16-10-12-18-24-39-62-93-87-46-31-27-42-79(87)80-43-28-32-47-88(80)93)61-38-23-17-11-13-19-25-40-63-94-89-48-33-29-44-81(89)82-45-30-34-49-90(82)94/h27-34,42-57,64-65,67-68H,5-26,35-41,58-63,66H2,1-4H3. The van der Waals surface area contributed by atoms with Crippen molar-refractivity contribution in [3.05, 3.63) is 203 Å². The molecule has 8 aromatic carbocycles. The number of unbranched alkanes of at least 4 members (excludes halogenated alkanes) is 24. The minimum Gasteiger partial charge on any atom is -0.340 e. The van der Waals surface area contributed by atoms with Gasteiger partial charge in [-0.25, -0.2) is 0 Å². The van der Waals surface area contributed by atoms with Crippen LogP contribution in [0.2, 0.25) is 0 Å². The number of rotatable bonds is 41. The van der Waals surface area contributed by atoms with E-state index < -0.39 is 0 Å². The summed E-state index contributed by atoms with van der Waals surface area (Å²) in [5.41, 5.74) is 23.3. The Hall–Kier alpha value is -7.30. The summed E-state index contributed by atoms with van der Waals surface area (Å²) in [5.74, 6) is 0.0897. The maximum Gasteiger partial charge on any atom is 0.140 e. The molecule has 0 fully saturated rings. The molecule has 0 spiro atoms. The molecule has 2 aromatic heterocycles. The maximum atomic E-state index is 12.1. The molecule has 0 saturated heterocycles. The van der Waals surface area contributed by atoms with E-state index in [1.807, 2.05) is 0 Å². The molecule has 0 aliphatic heterocycles. The molecule has 1 atom stereocenters. The number of aromatic nitrogens is 2. The number of benzene rings is 8. The second kappa shape index (κ2) is 33.3. The van der Waals surface area contributed by atoms with E-state index in [-0.39, 0.29) is 28.8 Å². The second-order valence-electron chi connectivity index (χ2n) is 29.9. The van der Waals surface area contributed by atoms with Gasteiger partial charge < -0.3 is 9.13 Å².